The zero-order valence-electron chi connectivity index (χ0n) is 7.99. The smallest absolute Gasteiger partial charge is 0.129 e. The minimum atomic E-state index is -0.713. The summed E-state index contributed by atoms with van der Waals surface area (Å²) in [5.74, 6) is -1.10. The average Bonchev–Trinajstić information content (AvgIpc) is 1.97. The van der Waals surface area contributed by atoms with Crippen molar-refractivity contribution in [2.75, 3.05) is 0 Å². The standard InChI is InChI=1S/C10H13F2N/c1-6-8(11)4-7(5-9(6)12)10(2,3)13/h4-5H,13H2,1-3H3. The van der Waals surface area contributed by atoms with E-state index in [0.29, 0.717) is 5.56 Å². The van der Waals surface area contributed by atoms with Crippen molar-refractivity contribution in [1.29, 1.82) is 0 Å². The van der Waals surface area contributed by atoms with E-state index >= 15 is 0 Å². The maximum Gasteiger partial charge on any atom is 0.129 e. The number of hydrogen-bond donors (Lipinski definition) is 1. The van der Waals surface area contributed by atoms with Crippen LogP contribution in [-0.2, 0) is 5.54 Å². The predicted octanol–water partition coefficient (Wildman–Crippen LogP) is 2.47. The van der Waals surface area contributed by atoms with Crippen molar-refractivity contribution >= 4 is 0 Å². The van der Waals surface area contributed by atoms with Crippen molar-refractivity contribution < 1.29 is 8.78 Å². The summed E-state index contributed by atoms with van der Waals surface area (Å²) in [5, 5.41) is 0. The first kappa shape index (κ1) is 10.1. The van der Waals surface area contributed by atoms with Crippen molar-refractivity contribution in [2.45, 2.75) is 26.3 Å². The van der Waals surface area contributed by atoms with Gasteiger partial charge < -0.3 is 5.73 Å². The molecule has 0 spiro atoms. The molecule has 0 atom stereocenters. The Morgan fingerprint density at radius 1 is 1.15 bits per heavy atom. The molecule has 0 amide bonds. The Balaban J connectivity index is 3.29. The summed E-state index contributed by atoms with van der Waals surface area (Å²) < 4.78 is 26.1. The molecule has 0 heterocycles. The summed E-state index contributed by atoms with van der Waals surface area (Å²) in [6, 6.07) is 2.55. The summed E-state index contributed by atoms with van der Waals surface area (Å²) in [6.07, 6.45) is 0. The highest BCUT2D eigenvalue weighted by atomic mass is 19.1. The Morgan fingerprint density at radius 3 is 1.85 bits per heavy atom. The summed E-state index contributed by atoms with van der Waals surface area (Å²) in [7, 11) is 0. The summed E-state index contributed by atoms with van der Waals surface area (Å²) in [4.78, 5) is 0. The molecular formula is C10H13F2N. The van der Waals surface area contributed by atoms with Gasteiger partial charge in [0.25, 0.3) is 0 Å². The van der Waals surface area contributed by atoms with Crippen molar-refractivity contribution in [3.8, 4) is 0 Å². The Morgan fingerprint density at radius 2 is 1.54 bits per heavy atom. The molecule has 0 fully saturated rings. The molecule has 72 valence electrons. The van der Waals surface area contributed by atoms with Crippen LogP contribution in [0.1, 0.15) is 25.0 Å². The van der Waals surface area contributed by atoms with Gasteiger partial charge in [0.05, 0.1) is 0 Å². The Hall–Kier alpha value is -0.960. The van der Waals surface area contributed by atoms with E-state index in [9.17, 15) is 8.78 Å². The molecular weight excluding hydrogens is 172 g/mol. The third kappa shape index (κ3) is 2.04. The number of halogens is 2. The first-order chi connectivity index (χ1) is 5.82. The second kappa shape index (κ2) is 3.07. The van der Waals surface area contributed by atoms with Gasteiger partial charge in [-0.25, -0.2) is 8.78 Å². The van der Waals surface area contributed by atoms with E-state index in [1.54, 1.807) is 13.8 Å². The van der Waals surface area contributed by atoms with Crippen molar-refractivity contribution in [3.63, 3.8) is 0 Å². The lowest BCUT2D eigenvalue weighted by molar-refractivity contribution is 0.520. The van der Waals surface area contributed by atoms with E-state index in [4.69, 9.17) is 5.73 Å². The fourth-order valence-electron chi connectivity index (χ4n) is 1.02. The Kier molecular flexibility index (Phi) is 2.39. The largest absolute Gasteiger partial charge is 0.322 e. The van der Waals surface area contributed by atoms with Gasteiger partial charge in [0.15, 0.2) is 0 Å². The second-order valence-electron chi connectivity index (χ2n) is 3.79. The van der Waals surface area contributed by atoms with Crippen LogP contribution in [0.5, 0.6) is 0 Å². The third-order valence-corrected chi connectivity index (χ3v) is 2.02. The summed E-state index contributed by atoms with van der Waals surface area (Å²) >= 11 is 0. The van der Waals surface area contributed by atoms with Gasteiger partial charge in [-0.1, -0.05) is 0 Å². The van der Waals surface area contributed by atoms with Crippen molar-refractivity contribution in [3.05, 3.63) is 34.9 Å². The number of rotatable bonds is 1. The fourth-order valence-corrected chi connectivity index (χ4v) is 1.02. The average molecular weight is 185 g/mol. The SMILES string of the molecule is Cc1c(F)cc(C(C)(C)N)cc1F. The van der Waals surface area contributed by atoms with Gasteiger partial charge in [0.2, 0.25) is 0 Å². The summed E-state index contributed by atoms with van der Waals surface area (Å²) in [6.45, 7) is 4.81. The van der Waals surface area contributed by atoms with E-state index in [1.807, 2.05) is 0 Å². The maximum atomic E-state index is 13.1. The topological polar surface area (TPSA) is 26.0 Å². The van der Waals surface area contributed by atoms with Gasteiger partial charge in [0.1, 0.15) is 11.6 Å². The molecule has 0 saturated heterocycles. The van der Waals surface area contributed by atoms with Crippen LogP contribution in [0, 0.1) is 18.6 Å². The van der Waals surface area contributed by atoms with Crippen LogP contribution in [0.3, 0.4) is 0 Å². The van der Waals surface area contributed by atoms with E-state index in [1.165, 1.54) is 19.1 Å². The first-order valence-electron chi connectivity index (χ1n) is 4.07. The minimum absolute atomic E-state index is 0.0352. The first-order valence-corrected chi connectivity index (χ1v) is 4.07. The molecule has 1 nitrogen and oxygen atoms in total. The zero-order chi connectivity index (χ0) is 10.2. The van der Waals surface area contributed by atoms with Gasteiger partial charge in [-0.2, -0.15) is 0 Å². The van der Waals surface area contributed by atoms with Crippen molar-refractivity contribution in [2.24, 2.45) is 5.73 Å². The van der Waals surface area contributed by atoms with Crippen LogP contribution in [0.25, 0.3) is 0 Å². The van der Waals surface area contributed by atoms with Crippen LogP contribution in [0.2, 0.25) is 0 Å². The number of benzene rings is 1. The molecule has 1 aromatic carbocycles. The van der Waals surface area contributed by atoms with Gasteiger partial charge >= 0.3 is 0 Å². The molecule has 0 bridgehead atoms. The summed E-state index contributed by atoms with van der Waals surface area (Å²) in [5.41, 5.74) is 5.50. The molecule has 1 aromatic rings. The van der Waals surface area contributed by atoms with E-state index < -0.39 is 17.2 Å². The highest BCUT2D eigenvalue weighted by molar-refractivity contribution is 5.29. The monoisotopic (exact) mass is 185 g/mol. The highest BCUT2D eigenvalue weighted by Gasteiger charge is 2.17. The van der Waals surface area contributed by atoms with E-state index in [0.717, 1.165) is 0 Å². The maximum absolute atomic E-state index is 13.1. The molecule has 0 radical (unpaired) electrons. The zero-order valence-corrected chi connectivity index (χ0v) is 7.99. The van der Waals surface area contributed by atoms with Crippen LogP contribution in [-0.4, -0.2) is 0 Å². The van der Waals surface area contributed by atoms with Gasteiger partial charge in [-0.3, -0.25) is 0 Å². The molecule has 2 N–H and O–H groups in total. The molecule has 13 heavy (non-hydrogen) atoms. The quantitative estimate of drug-likeness (QED) is 0.714. The molecule has 0 aliphatic rings. The molecule has 0 aliphatic carbocycles. The van der Waals surface area contributed by atoms with Crippen LogP contribution in [0.15, 0.2) is 12.1 Å². The lowest BCUT2D eigenvalue weighted by Gasteiger charge is -2.19. The minimum Gasteiger partial charge on any atom is -0.322 e. The molecule has 0 aromatic heterocycles. The van der Waals surface area contributed by atoms with Gasteiger partial charge in [0, 0.05) is 11.1 Å². The number of hydrogen-bond acceptors (Lipinski definition) is 1. The third-order valence-electron chi connectivity index (χ3n) is 2.02. The Bertz CT molecular complexity index is 303. The molecule has 0 unspecified atom stereocenters. The highest BCUT2D eigenvalue weighted by Crippen LogP contribution is 2.21. The molecule has 0 aliphatic heterocycles. The molecule has 0 saturated carbocycles. The van der Waals surface area contributed by atoms with Crippen LogP contribution >= 0.6 is 0 Å². The lowest BCUT2D eigenvalue weighted by atomic mass is 9.94. The van der Waals surface area contributed by atoms with E-state index in [2.05, 4.69) is 0 Å². The van der Waals surface area contributed by atoms with Gasteiger partial charge in [-0.05, 0) is 38.5 Å². The van der Waals surface area contributed by atoms with Crippen LogP contribution < -0.4 is 5.73 Å². The second-order valence-corrected chi connectivity index (χ2v) is 3.79. The van der Waals surface area contributed by atoms with Crippen molar-refractivity contribution in [1.82, 2.24) is 0 Å². The fraction of sp³-hybridized carbons (Fsp3) is 0.400. The molecule has 3 heteroatoms. The normalized spacial score (nSPS) is 11.8. The van der Waals surface area contributed by atoms with Crippen LogP contribution in [0.4, 0.5) is 8.78 Å². The van der Waals surface area contributed by atoms with E-state index in [-0.39, 0.29) is 5.56 Å². The molecule has 1 rings (SSSR count). The predicted molar refractivity (Wildman–Crippen MR) is 48.3 cm³/mol. The van der Waals surface area contributed by atoms with Gasteiger partial charge in [-0.15, -0.1) is 0 Å². The number of nitrogens with two attached hydrogens (primary N) is 1. The lowest BCUT2D eigenvalue weighted by Crippen LogP contribution is -2.29. The Labute approximate surface area is 76.6 Å².